The highest BCUT2D eigenvalue weighted by Crippen LogP contribution is 2.16. The van der Waals surface area contributed by atoms with Crippen LogP contribution in [0.25, 0.3) is 11.0 Å². The van der Waals surface area contributed by atoms with Crippen LogP contribution in [0.1, 0.15) is 13.8 Å². The van der Waals surface area contributed by atoms with Gasteiger partial charge in [-0.1, -0.05) is 12.1 Å². The number of hydrogen-bond donors (Lipinski definition) is 2. The zero-order chi connectivity index (χ0) is 16.3. The van der Waals surface area contributed by atoms with Crippen LogP contribution in [-0.4, -0.2) is 65.1 Å². The Balaban J connectivity index is 1.60. The van der Waals surface area contributed by atoms with Crippen LogP contribution in [0.4, 0.5) is 0 Å². The second-order valence-electron chi connectivity index (χ2n) is 6.38. The highest BCUT2D eigenvalue weighted by molar-refractivity contribution is 5.84. The summed E-state index contributed by atoms with van der Waals surface area (Å²) >= 11 is 0. The number of amides is 1. The monoisotopic (exact) mass is 316 g/mol. The smallest absolute Gasteiger partial charge is 0.249 e. The third-order valence-electron chi connectivity index (χ3n) is 4.27. The van der Waals surface area contributed by atoms with Crippen molar-refractivity contribution in [2.45, 2.75) is 19.4 Å². The molecular weight excluding hydrogens is 292 g/mol. The molecule has 1 amide bonds. The van der Waals surface area contributed by atoms with E-state index >= 15 is 0 Å². The minimum absolute atomic E-state index is 0.0621. The van der Waals surface area contributed by atoms with Crippen molar-refractivity contribution in [2.24, 2.45) is 0 Å². The van der Waals surface area contributed by atoms with Crippen molar-refractivity contribution in [1.29, 1.82) is 0 Å². The van der Waals surface area contributed by atoms with Gasteiger partial charge >= 0.3 is 0 Å². The Morgan fingerprint density at radius 2 is 1.83 bits per heavy atom. The molecule has 0 radical (unpaired) electrons. The molecule has 0 atom stereocenters. The first-order valence-corrected chi connectivity index (χ1v) is 8.11. The summed E-state index contributed by atoms with van der Waals surface area (Å²) in [5.74, 6) is -0.0621. The van der Waals surface area contributed by atoms with Gasteiger partial charge in [-0.25, -0.2) is 0 Å². The molecule has 0 aliphatic carbocycles. The van der Waals surface area contributed by atoms with E-state index in [1.807, 2.05) is 38.1 Å². The predicted molar refractivity (Wildman–Crippen MR) is 89.2 cm³/mol. The second kappa shape index (κ2) is 6.64. The van der Waals surface area contributed by atoms with Gasteiger partial charge < -0.3 is 10.6 Å². The number of aromatic nitrogens is 3. The van der Waals surface area contributed by atoms with Gasteiger partial charge in [-0.2, -0.15) is 15.0 Å². The first-order valence-electron chi connectivity index (χ1n) is 8.11. The van der Waals surface area contributed by atoms with Gasteiger partial charge in [0.2, 0.25) is 5.91 Å². The van der Waals surface area contributed by atoms with E-state index < -0.39 is 5.54 Å². The maximum atomic E-state index is 12.5. The number of benzene rings is 1. The molecule has 1 aliphatic heterocycles. The summed E-state index contributed by atoms with van der Waals surface area (Å²) in [6, 6.07) is 7.64. The minimum Gasteiger partial charge on any atom is -0.353 e. The van der Waals surface area contributed by atoms with Crippen molar-refractivity contribution >= 4 is 16.9 Å². The van der Waals surface area contributed by atoms with Crippen LogP contribution < -0.4 is 10.6 Å². The number of rotatable bonds is 5. The minimum atomic E-state index is -0.817. The third-order valence-corrected chi connectivity index (χ3v) is 4.27. The lowest BCUT2D eigenvalue weighted by atomic mass is 10.1. The molecule has 7 heteroatoms. The molecule has 0 unspecified atom stereocenters. The average molecular weight is 316 g/mol. The van der Waals surface area contributed by atoms with Gasteiger partial charge in [-0.05, 0) is 26.0 Å². The van der Waals surface area contributed by atoms with Crippen LogP contribution in [0, 0.1) is 0 Å². The highest BCUT2D eigenvalue weighted by Gasteiger charge is 2.32. The first kappa shape index (κ1) is 15.9. The molecule has 0 spiro atoms. The summed E-state index contributed by atoms with van der Waals surface area (Å²) in [5, 5.41) is 15.2. The Morgan fingerprint density at radius 1 is 1.22 bits per heavy atom. The maximum absolute atomic E-state index is 12.5. The lowest BCUT2D eigenvalue weighted by molar-refractivity contribution is -0.129. The number of hydrogen-bond acceptors (Lipinski definition) is 5. The van der Waals surface area contributed by atoms with E-state index in [9.17, 15) is 4.79 Å². The van der Waals surface area contributed by atoms with Crippen molar-refractivity contribution in [3.8, 4) is 0 Å². The Hall–Kier alpha value is -1.99. The van der Waals surface area contributed by atoms with Crippen molar-refractivity contribution in [2.75, 3.05) is 39.3 Å². The van der Waals surface area contributed by atoms with E-state index in [-0.39, 0.29) is 5.91 Å². The topological polar surface area (TPSA) is 75.1 Å². The van der Waals surface area contributed by atoms with Crippen molar-refractivity contribution < 1.29 is 4.79 Å². The normalized spacial score (nSPS) is 16.6. The molecule has 1 saturated heterocycles. The second-order valence-corrected chi connectivity index (χ2v) is 6.38. The van der Waals surface area contributed by atoms with Gasteiger partial charge in [0.05, 0.1) is 0 Å². The summed E-state index contributed by atoms with van der Waals surface area (Å²) in [7, 11) is 0. The summed E-state index contributed by atoms with van der Waals surface area (Å²) in [6.45, 7) is 9.29. The molecule has 1 fully saturated rings. The zero-order valence-corrected chi connectivity index (χ0v) is 13.7. The number of carbonyl (C=O) groups is 1. The molecular formula is C16H24N6O. The van der Waals surface area contributed by atoms with E-state index in [2.05, 4.69) is 25.7 Å². The molecule has 3 rings (SSSR count). The molecule has 1 aromatic heterocycles. The lowest BCUT2D eigenvalue weighted by Crippen LogP contribution is -2.49. The van der Waals surface area contributed by atoms with Crippen LogP contribution in [0.15, 0.2) is 24.3 Å². The van der Waals surface area contributed by atoms with E-state index in [4.69, 9.17) is 0 Å². The van der Waals surface area contributed by atoms with Crippen molar-refractivity contribution in [3.05, 3.63) is 24.3 Å². The van der Waals surface area contributed by atoms with Gasteiger partial charge in [0.1, 0.15) is 11.0 Å². The van der Waals surface area contributed by atoms with Gasteiger partial charge in [-0.15, -0.1) is 0 Å². The van der Waals surface area contributed by atoms with Crippen LogP contribution in [-0.2, 0) is 10.3 Å². The zero-order valence-electron chi connectivity index (χ0n) is 13.7. The molecule has 0 saturated carbocycles. The van der Waals surface area contributed by atoms with Gasteiger partial charge in [-0.3, -0.25) is 9.69 Å². The number of nitrogens with one attached hydrogen (secondary N) is 2. The fourth-order valence-electron chi connectivity index (χ4n) is 2.68. The summed E-state index contributed by atoms with van der Waals surface area (Å²) in [5.41, 5.74) is 0.783. The van der Waals surface area contributed by atoms with Crippen molar-refractivity contribution in [3.63, 3.8) is 0 Å². The van der Waals surface area contributed by atoms with Crippen LogP contribution in [0.2, 0.25) is 0 Å². The molecule has 2 heterocycles. The number of nitrogens with zero attached hydrogens (tertiary/aromatic N) is 4. The standard InChI is InChI=1S/C16H24N6O/c1-16(2,22-19-13-5-3-4-6-14(13)20-22)15(23)18-9-12-21-10-7-17-8-11-21/h3-6,17H,7-12H2,1-2H3,(H,18,23). The van der Waals surface area contributed by atoms with Crippen molar-refractivity contribution in [1.82, 2.24) is 30.5 Å². The van der Waals surface area contributed by atoms with E-state index in [0.29, 0.717) is 6.54 Å². The lowest BCUT2D eigenvalue weighted by Gasteiger charge is -2.28. The predicted octanol–water partition coefficient (Wildman–Crippen LogP) is 0.188. The first-order chi connectivity index (χ1) is 11.1. The quantitative estimate of drug-likeness (QED) is 0.823. The average Bonchev–Trinajstić information content (AvgIpc) is 3.00. The fraction of sp³-hybridized carbons (Fsp3) is 0.562. The molecule has 124 valence electrons. The Morgan fingerprint density at radius 3 is 2.43 bits per heavy atom. The van der Waals surface area contributed by atoms with E-state index in [0.717, 1.165) is 43.8 Å². The molecule has 0 bridgehead atoms. The van der Waals surface area contributed by atoms with Crippen LogP contribution in [0.3, 0.4) is 0 Å². The summed E-state index contributed by atoms with van der Waals surface area (Å²) in [6.07, 6.45) is 0. The maximum Gasteiger partial charge on any atom is 0.249 e. The third kappa shape index (κ3) is 3.51. The van der Waals surface area contributed by atoms with Gasteiger partial charge in [0, 0.05) is 39.3 Å². The molecule has 2 aromatic rings. The Bertz CT molecular complexity index is 641. The van der Waals surface area contributed by atoms with Gasteiger partial charge in [0.25, 0.3) is 0 Å². The van der Waals surface area contributed by atoms with Crippen LogP contribution >= 0.6 is 0 Å². The number of piperazine rings is 1. The Kier molecular flexibility index (Phi) is 4.58. The number of fused-ring (bicyclic) bond motifs is 1. The van der Waals surface area contributed by atoms with E-state index in [1.54, 1.807) is 0 Å². The SMILES string of the molecule is CC(C)(C(=O)NCCN1CCNCC1)n1nc2ccccc2n1. The van der Waals surface area contributed by atoms with Gasteiger partial charge in [0.15, 0.2) is 5.54 Å². The van der Waals surface area contributed by atoms with E-state index in [1.165, 1.54) is 4.80 Å². The molecule has 7 nitrogen and oxygen atoms in total. The molecule has 1 aromatic carbocycles. The highest BCUT2D eigenvalue weighted by atomic mass is 16.2. The largest absolute Gasteiger partial charge is 0.353 e. The molecule has 23 heavy (non-hydrogen) atoms. The van der Waals surface area contributed by atoms with Crippen LogP contribution in [0.5, 0.6) is 0 Å². The molecule has 2 N–H and O–H groups in total. The Labute approximate surface area is 136 Å². The summed E-state index contributed by atoms with van der Waals surface area (Å²) < 4.78 is 0. The number of carbonyl (C=O) groups excluding carboxylic acids is 1. The molecule has 1 aliphatic rings. The fourth-order valence-corrected chi connectivity index (χ4v) is 2.68. The summed E-state index contributed by atoms with van der Waals surface area (Å²) in [4.78, 5) is 16.4.